The normalized spacial score (nSPS) is 30.0. The van der Waals surface area contributed by atoms with Crippen LogP contribution in [-0.2, 0) is 28.1 Å². The topological polar surface area (TPSA) is 154 Å². The SMILES string of the molecule is COC1=NC(N)=NC2C1=CCCN2[C@@H]1O[C@H](COP(=O)(CC[C@@H](C)C(=O)OC(C)C)Oc2ccccc2)[C@@H](O)[C@@]1(C)F. The number of halogens is 1. The second-order valence-electron chi connectivity index (χ2n) is 11.0. The summed E-state index contributed by atoms with van der Waals surface area (Å²) in [6.45, 7) is 6.34. The van der Waals surface area contributed by atoms with Crippen LogP contribution in [-0.4, -0.2) is 90.6 Å². The highest BCUT2D eigenvalue weighted by Crippen LogP contribution is 2.51. The number of esters is 1. The smallest absolute Gasteiger partial charge is 0.379 e. The van der Waals surface area contributed by atoms with Gasteiger partial charge in [0.15, 0.2) is 5.67 Å². The zero-order valence-corrected chi connectivity index (χ0v) is 25.4. The minimum atomic E-state index is -3.90. The number of aliphatic hydroxyl groups is 1. The first-order valence-electron chi connectivity index (χ1n) is 14.0. The van der Waals surface area contributed by atoms with Crippen molar-refractivity contribution in [3.05, 3.63) is 42.0 Å². The summed E-state index contributed by atoms with van der Waals surface area (Å²) in [7, 11) is -2.44. The van der Waals surface area contributed by atoms with Gasteiger partial charge in [-0.25, -0.2) is 18.8 Å². The van der Waals surface area contributed by atoms with Gasteiger partial charge in [-0.3, -0.25) is 9.32 Å². The van der Waals surface area contributed by atoms with Crippen molar-refractivity contribution < 1.29 is 42.1 Å². The lowest BCUT2D eigenvalue weighted by atomic mass is 9.95. The van der Waals surface area contributed by atoms with Crippen LogP contribution in [0.25, 0.3) is 0 Å². The predicted molar refractivity (Wildman–Crippen MR) is 154 cm³/mol. The number of hydrogen-bond donors (Lipinski definition) is 2. The molecule has 4 rings (SSSR count). The van der Waals surface area contributed by atoms with Gasteiger partial charge in [0.25, 0.3) is 0 Å². The van der Waals surface area contributed by atoms with Crippen LogP contribution in [0.5, 0.6) is 5.75 Å². The van der Waals surface area contributed by atoms with E-state index in [2.05, 4.69) is 9.98 Å². The molecule has 3 aliphatic heterocycles. The maximum absolute atomic E-state index is 16.2. The Labute approximate surface area is 245 Å². The van der Waals surface area contributed by atoms with Crippen molar-refractivity contribution in [2.75, 3.05) is 26.4 Å². The molecule has 1 fully saturated rings. The first-order chi connectivity index (χ1) is 19.8. The Kier molecular flexibility index (Phi) is 10.1. The maximum Gasteiger partial charge on any atom is 0.379 e. The van der Waals surface area contributed by atoms with Crippen LogP contribution in [0.3, 0.4) is 0 Å². The summed E-state index contributed by atoms with van der Waals surface area (Å²) in [5.41, 5.74) is 4.27. The quantitative estimate of drug-likeness (QED) is 0.281. The molecule has 1 aromatic carbocycles. The summed E-state index contributed by atoms with van der Waals surface area (Å²) < 4.78 is 58.3. The lowest BCUT2D eigenvalue weighted by Crippen LogP contribution is -2.56. The number of aliphatic hydroxyl groups excluding tert-OH is 1. The summed E-state index contributed by atoms with van der Waals surface area (Å²) in [5, 5.41) is 11.0. The molecular weight excluding hydrogens is 570 g/mol. The molecule has 1 aromatic rings. The van der Waals surface area contributed by atoms with E-state index in [1.807, 2.05) is 6.08 Å². The van der Waals surface area contributed by atoms with Gasteiger partial charge in [-0.15, -0.1) is 0 Å². The number of hydrogen-bond acceptors (Lipinski definition) is 12. The summed E-state index contributed by atoms with van der Waals surface area (Å²) in [4.78, 5) is 22.5. The van der Waals surface area contributed by atoms with Crippen LogP contribution in [0.15, 0.2) is 52.0 Å². The summed E-state index contributed by atoms with van der Waals surface area (Å²) in [5.74, 6) is -0.437. The van der Waals surface area contributed by atoms with Crippen LogP contribution in [0.1, 0.15) is 40.5 Å². The molecule has 3 heterocycles. The number of aliphatic imine (C=N–C) groups is 2. The van der Waals surface area contributed by atoms with Crippen molar-refractivity contribution in [2.24, 2.45) is 21.6 Å². The zero-order valence-electron chi connectivity index (χ0n) is 24.5. The number of nitrogens with zero attached hydrogens (tertiary/aromatic N) is 3. The highest BCUT2D eigenvalue weighted by atomic mass is 31.2. The molecule has 0 spiro atoms. The van der Waals surface area contributed by atoms with E-state index in [-0.39, 0.29) is 30.5 Å². The molecule has 12 nitrogen and oxygen atoms in total. The maximum atomic E-state index is 16.2. The number of rotatable bonds is 11. The van der Waals surface area contributed by atoms with Crippen molar-refractivity contribution in [1.82, 2.24) is 4.90 Å². The van der Waals surface area contributed by atoms with Gasteiger partial charge in [0.1, 0.15) is 30.4 Å². The molecule has 3 aliphatic rings. The lowest BCUT2D eigenvalue weighted by molar-refractivity contribution is -0.151. The van der Waals surface area contributed by atoms with E-state index in [1.54, 1.807) is 56.0 Å². The van der Waals surface area contributed by atoms with Crippen molar-refractivity contribution in [1.29, 1.82) is 0 Å². The first-order valence-corrected chi connectivity index (χ1v) is 15.7. The van der Waals surface area contributed by atoms with E-state index in [4.69, 9.17) is 29.0 Å². The Morgan fingerprint density at radius 3 is 2.69 bits per heavy atom. The van der Waals surface area contributed by atoms with Gasteiger partial charge >= 0.3 is 13.6 Å². The number of methoxy groups -OCH3 is 1. The lowest BCUT2D eigenvalue weighted by Gasteiger charge is -2.41. The fraction of sp³-hybridized carbons (Fsp3) is 0.607. The van der Waals surface area contributed by atoms with Gasteiger partial charge in [-0.1, -0.05) is 31.2 Å². The van der Waals surface area contributed by atoms with Gasteiger partial charge in [-0.05, 0) is 45.7 Å². The van der Waals surface area contributed by atoms with Crippen LogP contribution in [0.4, 0.5) is 4.39 Å². The van der Waals surface area contributed by atoms with Crippen molar-refractivity contribution >= 4 is 25.4 Å². The molecule has 42 heavy (non-hydrogen) atoms. The van der Waals surface area contributed by atoms with E-state index < -0.39 is 56.4 Å². The summed E-state index contributed by atoms with van der Waals surface area (Å²) in [6.07, 6.45) is -2.59. The number of para-hydroxylation sites is 1. The number of ether oxygens (including phenoxy) is 3. The van der Waals surface area contributed by atoms with Crippen molar-refractivity contribution in [3.63, 3.8) is 0 Å². The Morgan fingerprint density at radius 2 is 2.02 bits per heavy atom. The van der Waals surface area contributed by atoms with Gasteiger partial charge in [0.05, 0.1) is 31.9 Å². The highest BCUT2D eigenvalue weighted by molar-refractivity contribution is 7.54. The van der Waals surface area contributed by atoms with E-state index in [0.717, 1.165) is 0 Å². The van der Waals surface area contributed by atoms with Gasteiger partial charge < -0.3 is 29.6 Å². The second kappa shape index (κ2) is 13.2. The van der Waals surface area contributed by atoms with Crippen LogP contribution < -0.4 is 10.3 Å². The van der Waals surface area contributed by atoms with E-state index >= 15 is 4.39 Å². The molecule has 2 unspecified atom stereocenters. The molecule has 14 heteroatoms. The second-order valence-corrected chi connectivity index (χ2v) is 13.1. The number of nitrogens with two attached hydrogens (primary N) is 1. The average Bonchev–Trinajstić information content (AvgIpc) is 3.17. The predicted octanol–water partition coefficient (Wildman–Crippen LogP) is 3.40. The minimum absolute atomic E-state index is 0.0228. The number of benzene rings is 1. The molecule has 0 aliphatic carbocycles. The van der Waals surface area contributed by atoms with E-state index in [1.165, 1.54) is 14.0 Å². The molecular formula is C28H40FN4O8P. The molecule has 0 radical (unpaired) electrons. The van der Waals surface area contributed by atoms with E-state index in [9.17, 15) is 14.5 Å². The molecule has 3 N–H and O–H groups in total. The monoisotopic (exact) mass is 610 g/mol. The molecule has 0 aromatic heterocycles. The average molecular weight is 611 g/mol. The molecule has 7 atom stereocenters. The van der Waals surface area contributed by atoms with Gasteiger partial charge in [0.2, 0.25) is 11.9 Å². The minimum Gasteiger partial charge on any atom is -0.481 e. The third-order valence-corrected chi connectivity index (χ3v) is 9.12. The highest BCUT2D eigenvalue weighted by Gasteiger charge is 2.58. The number of fused-ring (bicyclic) bond motifs is 1. The molecule has 232 valence electrons. The zero-order chi connectivity index (χ0) is 30.7. The van der Waals surface area contributed by atoms with E-state index in [0.29, 0.717) is 24.3 Å². The third kappa shape index (κ3) is 7.20. The molecule has 1 saturated heterocycles. The number of guanidine groups is 1. The Balaban J connectivity index is 1.49. The number of alkyl halides is 1. The number of carbonyl (C=O) groups is 1. The van der Waals surface area contributed by atoms with Gasteiger partial charge in [-0.2, -0.15) is 4.99 Å². The largest absolute Gasteiger partial charge is 0.481 e. The van der Waals surface area contributed by atoms with Gasteiger partial charge in [0, 0.05) is 12.1 Å². The summed E-state index contributed by atoms with van der Waals surface area (Å²) >= 11 is 0. The molecule has 0 bridgehead atoms. The fourth-order valence-corrected chi connectivity index (χ4v) is 6.84. The first kappa shape index (κ1) is 32.1. The summed E-state index contributed by atoms with van der Waals surface area (Å²) in [6, 6.07) is 8.45. The van der Waals surface area contributed by atoms with Crippen molar-refractivity contribution in [2.45, 2.75) is 76.9 Å². The Hall–Kier alpha value is -2.83. The molecule has 0 saturated carbocycles. The van der Waals surface area contributed by atoms with Crippen LogP contribution >= 0.6 is 7.60 Å². The Bertz CT molecular complexity index is 1260. The third-order valence-electron chi connectivity index (χ3n) is 7.29. The standard InChI is InChI=1S/C28H40FN4O8P/c1-17(2)39-25(35)18(3)13-15-42(36,41-19-10-7-6-8-11-19)38-16-21-22(34)28(4,29)26(40-21)33-14-9-12-20-23(33)31-27(30)32-24(20)37-5/h6-8,10-12,17-18,21-23,26,34H,9,13-16H2,1-5H3,(H2,30,31)/t18-,21-,22-,23?,26-,28-,42?/m1/s1. The van der Waals surface area contributed by atoms with Crippen molar-refractivity contribution in [3.8, 4) is 5.75 Å². The Morgan fingerprint density at radius 1 is 1.31 bits per heavy atom. The fourth-order valence-electron chi connectivity index (χ4n) is 5.05. The van der Waals surface area contributed by atoms with Crippen LogP contribution in [0.2, 0.25) is 0 Å². The number of carbonyl (C=O) groups excluding carboxylic acids is 1. The molecule has 0 amide bonds. The van der Waals surface area contributed by atoms with Crippen LogP contribution in [0, 0.1) is 5.92 Å².